The Morgan fingerprint density at radius 3 is 2.60 bits per heavy atom. The summed E-state index contributed by atoms with van der Waals surface area (Å²) in [6.07, 6.45) is -2.32. The highest BCUT2D eigenvalue weighted by atomic mass is 19.3. The van der Waals surface area contributed by atoms with Crippen LogP contribution >= 0.6 is 0 Å². The molecule has 1 aromatic rings. The predicted molar refractivity (Wildman–Crippen MR) is 44.6 cm³/mol. The zero-order valence-electron chi connectivity index (χ0n) is 7.24. The number of halogens is 2. The van der Waals surface area contributed by atoms with Gasteiger partial charge in [-0.1, -0.05) is 0 Å². The molecule has 82 valence electrons. The molecule has 2 N–H and O–H groups in total. The molecule has 0 atom stereocenters. The molecule has 15 heavy (non-hydrogen) atoms. The van der Waals surface area contributed by atoms with Gasteiger partial charge in [0.25, 0.3) is 11.9 Å². The molecule has 0 unspecified atom stereocenters. The molecular weight excluding hydrogens is 214 g/mol. The van der Waals surface area contributed by atoms with E-state index >= 15 is 0 Å². The highest BCUT2D eigenvalue weighted by Crippen LogP contribution is 2.23. The fraction of sp³-hybridized carbons (Fsp3) is 0.286. The van der Waals surface area contributed by atoms with Gasteiger partial charge in [-0.05, 0) is 0 Å². The van der Waals surface area contributed by atoms with Gasteiger partial charge in [0.05, 0.1) is 11.5 Å². The van der Waals surface area contributed by atoms with Crippen LogP contribution in [-0.4, -0.2) is 15.0 Å². The van der Waals surface area contributed by atoms with E-state index < -0.39 is 34.8 Å². The second kappa shape index (κ2) is 4.13. The van der Waals surface area contributed by atoms with Crippen LogP contribution in [0.1, 0.15) is 17.7 Å². The Labute approximate surface area is 81.3 Å². The third-order valence-corrected chi connectivity index (χ3v) is 1.73. The van der Waals surface area contributed by atoms with E-state index in [9.17, 15) is 23.7 Å². The number of hydrogen-bond acceptors (Lipinski definition) is 4. The first-order valence-corrected chi connectivity index (χ1v) is 3.77. The molecule has 0 saturated heterocycles. The first-order valence-electron chi connectivity index (χ1n) is 3.77. The molecule has 0 aliphatic carbocycles. The lowest BCUT2D eigenvalue weighted by atomic mass is 10.2. The minimum absolute atomic E-state index is 0.328. The molecule has 0 bridgehead atoms. The number of nitrogens with zero attached hydrogens (tertiary/aromatic N) is 1. The summed E-state index contributed by atoms with van der Waals surface area (Å²) in [7, 11) is 0. The van der Waals surface area contributed by atoms with E-state index in [-0.39, 0.29) is 5.56 Å². The molecule has 0 radical (unpaired) electrons. The van der Waals surface area contributed by atoms with Gasteiger partial charge in [0.2, 0.25) is 0 Å². The van der Waals surface area contributed by atoms with Crippen LogP contribution in [0.5, 0.6) is 0 Å². The average Bonchev–Trinajstić information content (AvgIpc) is 2.16. The van der Waals surface area contributed by atoms with Crippen LogP contribution in [-0.2, 0) is 6.61 Å². The van der Waals surface area contributed by atoms with Crippen molar-refractivity contribution in [2.75, 3.05) is 0 Å². The molecule has 0 spiro atoms. The molecule has 1 rings (SSSR count). The first-order chi connectivity index (χ1) is 6.99. The molecule has 1 aromatic heterocycles. The molecule has 8 heteroatoms. The Balaban J connectivity index is 3.52. The summed E-state index contributed by atoms with van der Waals surface area (Å²) in [5.41, 5.74) is -3.80. The number of H-pyrrole nitrogens is 1. The van der Waals surface area contributed by atoms with Crippen LogP contribution in [0.3, 0.4) is 0 Å². The molecular formula is C7H6F2N2O4. The van der Waals surface area contributed by atoms with Gasteiger partial charge in [-0.3, -0.25) is 14.9 Å². The Kier molecular flexibility index (Phi) is 3.10. The van der Waals surface area contributed by atoms with Gasteiger partial charge in [-0.15, -0.1) is 0 Å². The largest absolute Gasteiger partial charge is 0.391 e. The average molecular weight is 220 g/mol. The maximum Gasteiger partial charge on any atom is 0.341 e. The Morgan fingerprint density at radius 1 is 1.60 bits per heavy atom. The zero-order chi connectivity index (χ0) is 11.6. The lowest BCUT2D eigenvalue weighted by molar-refractivity contribution is -0.387. The van der Waals surface area contributed by atoms with Crippen molar-refractivity contribution >= 4 is 5.69 Å². The number of aliphatic hydroxyl groups excluding tert-OH is 1. The van der Waals surface area contributed by atoms with Crippen LogP contribution in [0.15, 0.2) is 11.0 Å². The normalized spacial score (nSPS) is 10.7. The van der Waals surface area contributed by atoms with E-state index in [2.05, 4.69) is 0 Å². The highest BCUT2D eigenvalue weighted by Gasteiger charge is 2.27. The van der Waals surface area contributed by atoms with Crippen molar-refractivity contribution in [1.82, 2.24) is 4.98 Å². The summed E-state index contributed by atoms with van der Waals surface area (Å²) in [6, 6.07) is 0. The van der Waals surface area contributed by atoms with Crippen molar-refractivity contribution in [2.45, 2.75) is 13.0 Å². The standard InChI is InChI=1S/C7H6F2N2O4/c8-7(9)4-5(11(14)15)6(13)3(2-12)1-10-4/h1,7,12H,2H2,(H,10,13). The van der Waals surface area contributed by atoms with Crippen molar-refractivity contribution in [1.29, 1.82) is 0 Å². The van der Waals surface area contributed by atoms with Crippen LogP contribution in [0.4, 0.5) is 14.5 Å². The van der Waals surface area contributed by atoms with Gasteiger partial charge < -0.3 is 10.1 Å². The molecule has 0 saturated carbocycles. The smallest absolute Gasteiger partial charge is 0.341 e. The Bertz CT molecular complexity index is 443. The number of rotatable bonds is 3. The number of aliphatic hydroxyl groups is 1. The quantitative estimate of drug-likeness (QED) is 0.579. The summed E-state index contributed by atoms with van der Waals surface area (Å²) in [5.74, 6) is 0. The number of alkyl halides is 2. The van der Waals surface area contributed by atoms with Crippen molar-refractivity contribution < 1.29 is 18.8 Å². The number of nitro groups is 1. The van der Waals surface area contributed by atoms with Crippen molar-refractivity contribution in [2.24, 2.45) is 0 Å². The second-order valence-corrected chi connectivity index (χ2v) is 2.62. The third-order valence-electron chi connectivity index (χ3n) is 1.73. The maximum atomic E-state index is 12.3. The van der Waals surface area contributed by atoms with Crippen LogP contribution in [0, 0.1) is 10.1 Å². The third kappa shape index (κ3) is 1.99. The van der Waals surface area contributed by atoms with Crippen molar-refractivity contribution in [3.63, 3.8) is 0 Å². The molecule has 0 aliphatic heterocycles. The van der Waals surface area contributed by atoms with Crippen LogP contribution < -0.4 is 5.43 Å². The van der Waals surface area contributed by atoms with Gasteiger partial charge in [-0.25, -0.2) is 8.78 Å². The van der Waals surface area contributed by atoms with Crippen LogP contribution in [0.2, 0.25) is 0 Å². The van der Waals surface area contributed by atoms with Gasteiger partial charge >= 0.3 is 5.69 Å². The van der Waals surface area contributed by atoms with Crippen molar-refractivity contribution in [3.05, 3.63) is 37.8 Å². The van der Waals surface area contributed by atoms with E-state index in [0.717, 1.165) is 6.20 Å². The van der Waals surface area contributed by atoms with Gasteiger partial charge in [0, 0.05) is 11.8 Å². The molecule has 0 fully saturated rings. The lowest BCUT2D eigenvalue weighted by Crippen LogP contribution is -2.17. The van der Waals surface area contributed by atoms with E-state index in [1.807, 2.05) is 4.98 Å². The molecule has 0 amide bonds. The molecule has 1 heterocycles. The second-order valence-electron chi connectivity index (χ2n) is 2.62. The topological polar surface area (TPSA) is 96.2 Å². The number of nitrogens with one attached hydrogen (secondary N) is 1. The summed E-state index contributed by atoms with van der Waals surface area (Å²) in [5, 5.41) is 19.0. The van der Waals surface area contributed by atoms with E-state index in [1.54, 1.807) is 0 Å². The summed E-state index contributed by atoms with van der Waals surface area (Å²) >= 11 is 0. The summed E-state index contributed by atoms with van der Waals surface area (Å²) in [4.78, 5) is 22.3. The fourth-order valence-corrected chi connectivity index (χ4v) is 1.04. The van der Waals surface area contributed by atoms with Crippen LogP contribution in [0.25, 0.3) is 0 Å². The van der Waals surface area contributed by atoms with Crippen molar-refractivity contribution in [3.8, 4) is 0 Å². The lowest BCUT2D eigenvalue weighted by Gasteiger charge is -2.02. The monoisotopic (exact) mass is 220 g/mol. The fourth-order valence-electron chi connectivity index (χ4n) is 1.04. The maximum absolute atomic E-state index is 12.3. The molecule has 6 nitrogen and oxygen atoms in total. The number of hydrogen-bond donors (Lipinski definition) is 2. The van der Waals surface area contributed by atoms with Gasteiger partial charge in [-0.2, -0.15) is 0 Å². The van der Waals surface area contributed by atoms with E-state index in [4.69, 9.17) is 5.11 Å². The predicted octanol–water partition coefficient (Wildman–Crippen LogP) is 0.713. The Hall–Kier alpha value is -1.83. The van der Waals surface area contributed by atoms with Gasteiger partial charge in [0.15, 0.2) is 5.69 Å². The zero-order valence-corrected chi connectivity index (χ0v) is 7.24. The molecule has 0 aliphatic rings. The summed E-state index contributed by atoms with van der Waals surface area (Å²) in [6.45, 7) is -0.750. The Morgan fingerprint density at radius 2 is 2.20 bits per heavy atom. The number of aromatic amines is 1. The highest BCUT2D eigenvalue weighted by molar-refractivity contribution is 5.38. The van der Waals surface area contributed by atoms with Gasteiger partial charge in [0.1, 0.15) is 0 Å². The minimum atomic E-state index is -3.15. The van der Waals surface area contributed by atoms with E-state index in [0.29, 0.717) is 0 Å². The van der Waals surface area contributed by atoms with E-state index in [1.165, 1.54) is 0 Å². The SMILES string of the molecule is O=c1c(CO)c[nH]c(C(F)F)c1[N+](=O)[O-]. The number of pyridine rings is 1. The summed E-state index contributed by atoms with van der Waals surface area (Å²) < 4.78 is 24.5. The first kappa shape index (κ1) is 11.2. The number of aromatic nitrogens is 1. The minimum Gasteiger partial charge on any atom is -0.391 e. The molecule has 0 aromatic carbocycles.